The summed E-state index contributed by atoms with van der Waals surface area (Å²) < 4.78 is 12.7. The van der Waals surface area contributed by atoms with Gasteiger partial charge in [-0.25, -0.2) is 0 Å². The second-order valence-electron chi connectivity index (χ2n) is 5.84. The van der Waals surface area contributed by atoms with Crippen LogP contribution in [0.3, 0.4) is 0 Å². The van der Waals surface area contributed by atoms with Gasteiger partial charge in [0, 0.05) is 12.6 Å². The van der Waals surface area contributed by atoms with Crippen molar-refractivity contribution in [2.45, 2.75) is 24.3 Å². The highest BCUT2D eigenvalue weighted by molar-refractivity contribution is 7.99. The molecule has 0 saturated carbocycles. The standard InChI is InChI=1S/C18H17N5O2S/c1-11-14(9-10-24-11)16-20-21-18(23(16)3)26-12(2)17-19-15(22-25-17)13-7-5-4-6-8-13/h4-10,12H,1-3H3. The van der Waals surface area contributed by atoms with E-state index in [2.05, 4.69) is 20.3 Å². The Morgan fingerprint density at radius 1 is 1.12 bits per heavy atom. The minimum Gasteiger partial charge on any atom is -0.469 e. The van der Waals surface area contributed by atoms with Gasteiger partial charge in [-0.2, -0.15) is 4.98 Å². The Bertz CT molecular complexity index is 1020. The van der Waals surface area contributed by atoms with Crippen molar-refractivity contribution < 1.29 is 8.94 Å². The van der Waals surface area contributed by atoms with Crippen LogP contribution in [-0.2, 0) is 7.05 Å². The average molecular weight is 367 g/mol. The summed E-state index contributed by atoms with van der Waals surface area (Å²) in [5, 5.41) is 13.4. The second kappa shape index (κ2) is 6.80. The molecule has 0 bridgehead atoms. The van der Waals surface area contributed by atoms with E-state index in [0.717, 1.165) is 27.9 Å². The van der Waals surface area contributed by atoms with Crippen LogP contribution in [0.1, 0.15) is 23.8 Å². The Labute approximate surface area is 154 Å². The SMILES string of the molecule is Cc1occc1-c1nnc(SC(C)c2nc(-c3ccccc3)no2)n1C. The van der Waals surface area contributed by atoms with Crippen LogP contribution in [0.5, 0.6) is 0 Å². The smallest absolute Gasteiger partial charge is 0.240 e. The van der Waals surface area contributed by atoms with Crippen molar-refractivity contribution in [3.8, 4) is 22.8 Å². The monoisotopic (exact) mass is 367 g/mol. The van der Waals surface area contributed by atoms with Gasteiger partial charge in [0.2, 0.25) is 11.7 Å². The van der Waals surface area contributed by atoms with Crippen molar-refractivity contribution in [1.29, 1.82) is 0 Å². The van der Waals surface area contributed by atoms with Crippen LogP contribution in [0, 0.1) is 6.92 Å². The number of benzene rings is 1. The summed E-state index contributed by atoms with van der Waals surface area (Å²) >= 11 is 1.52. The van der Waals surface area contributed by atoms with Gasteiger partial charge in [0.25, 0.3) is 0 Å². The third kappa shape index (κ3) is 3.03. The molecular weight excluding hydrogens is 350 g/mol. The summed E-state index contributed by atoms with van der Waals surface area (Å²) in [6.07, 6.45) is 1.65. The molecule has 26 heavy (non-hydrogen) atoms. The van der Waals surface area contributed by atoms with Gasteiger partial charge < -0.3 is 13.5 Å². The van der Waals surface area contributed by atoms with Crippen LogP contribution >= 0.6 is 11.8 Å². The topological polar surface area (TPSA) is 82.8 Å². The molecule has 0 amide bonds. The highest BCUT2D eigenvalue weighted by atomic mass is 32.2. The molecule has 0 radical (unpaired) electrons. The number of rotatable bonds is 5. The van der Waals surface area contributed by atoms with Crippen molar-refractivity contribution in [3.63, 3.8) is 0 Å². The lowest BCUT2D eigenvalue weighted by Crippen LogP contribution is -1.97. The average Bonchev–Trinajstić information content (AvgIpc) is 3.37. The summed E-state index contributed by atoms with van der Waals surface area (Å²) in [4.78, 5) is 4.51. The van der Waals surface area contributed by atoms with Crippen molar-refractivity contribution in [3.05, 3.63) is 54.3 Å². The maximum atomic E-state index is 5.44. The molecule has 3 aromatic heterocycles. The molecule has 0 aliphatic rings. The van der Waals surface area contributed by atoms with Crippen LogP contribution in [0.2, 0.25) is 0 Å². The normalized spacial score (nSPS) is 12.4. The number of furan rings is 1. The Balaban J connectivity index is 1.54. The molecule has 1 atom stereocenters. The molecule has 3 heterocycles. The first kappa shape index (κ1) is 16.6. The molecule has 4 aromatic rings. The molecule has 1 unspecified atom stereocenters. The van der Waals surface area contributed by atoms with Crippen LogP contribution in [0.15, 0.2) is 56.8 Å². The zero-order chi connectivity index (χ0) is 18.1. The van der Waals surface area contributed by atoms with Crippen LogP contribution in [-0.4, -0.2) is 24.9 Å². The van der Waals surface area contributed by atoms with E-state index in [1.54, 1.807) is 6.26 Å². The number of aromatic nitrogens is 5. The van der Waals surface area contributed by atoms with Crippen LogP contribution < -0.4 is 0 Å². The number of thioether (sulfide) groups is 1. The second-order valence-corrected chi connectivity index (χ2v) is 7.15. The van der Waals surface area contributed by atoms with Gasteiger partial charge in [0.05, 0.1) is 17.1 Å². The van der Waals surface area contributed by atoms with Gasteiger partial charge in [-0.15, -0.1) is 10.2 Å². The summed E-state index contributed by atoms with van der Waals surface area (Å²) in [5.41, 5.74) is 1.86. The molecule has 0 fully saturated rings. The first-order valence-electron chi connectivity index (χ1n) is 8.13. The zero-order valence-corrected chi connectivity index (χ0v) is 15.4. The quantitative estimate of drug-likeness (QED) is 0.487. The van der Waals surface area contributed by atoms with E-state index in [-0.39, 0.29) is 5.25 Å². The minimum atomic E-state index is -0.0545. The number of nitrogens with zero attached hydrogens (tertiary/aromatic N) is 5. The Hall–Kier alpha value is -2.87. The first-order chi connectivity index (χ1) is 12.6. The molecule has 0 aliphatic heterocycles. The highest BCUT2D eigenvalue weighted by Gasteiger charge is 2.21. The van der Waals surface area contributed by atoms with Gasteiger partial charge in [0.15, 0.2) is 11.0 Å². The van der Waals surface area contributed by atoms with Crippen molar-refractivity contribution >= 4 is 11.8 Å². The predicted octanol–water partition coefficient (Wildman–Crippen LogP) is 4.29. The van der Waals surface area contributed by atoms with Crippen molar-refractivity contribution in [2.24, 2.45) is 7.05 Å². The Morgan fingerprint density at radius 3 is 2.65 bits per heavy atom. The summed E-state index contributed by atoms with van der Waals surface area (Å²) in [6, 6.07) is 11.6. The zero-order valence-electron chi connectivity index (χ0n) is 14.6. The summed E-state index contributed by atoms with van der Waals surface area (Å²) in [6.45, 7) is 3.91. The number of hydrogen-bond donors (Lipinski definition) is 0. The van der Waals surface area contributed by atoms with E-state index in [1.807, 2.05) is 61.9 Å². The molecule has 0 aliphatic carbocycles. The first-order valence-corrected chi connectivity index (χ1v) is 9.01. The van der Waals surface area contributed by atoms with E-state index in [1.165, 1.54) is 11.8 Å². The largest absolute Gasteiger partial charge is 0.469 e. The van der Waals surface area contributed by atoms with Gasteiger partial charge in [-0.05, 0) is 19.9 Å². The third-order valence-electron chi connectivity index (χ3n) is 4.04. The molecule has 0 N–H and O–H groups in total. The van der Waals surface area contributed by atoms with Gasteiger partial charge in [0.1, 0.15) is 5.76 Å². The van der Waals surface area contributed by atoms with Gasteiger partial charge in [-0.1, -0.05) is 47.3 Å². The molecule has 132 valence electrons. The molecule has 1 aromatic carbocycles. The number of aryl methyl sites for hydroxylation is 1. The van der Waals surface area contributed by atoms with E-state index in [4.69, 9.17) is 8.94 Å². The van der Waals surface area contributed by atoms with E-state index in [0.29, 0.717) is 11.7 Å². The van der Waals surface area contributed by atoms with E-state index < -0.39 is 0 Å². The summed E-state index contributed by atoms with van der Waals surface area (Å²) in [7, 11) is 1.93. The molecule has 0 saturated heterocycles. The minimum absolute atomic E-state index is 0.0545. The molecule has 8 heteroatoms. The lowest BCUT2D eigenvalue weighted by molar-refractivity contribution is 0.380. The molecule has 7 nitrogen and oxygen atoms in total. The predicted molar refractivity (Wildman–Crippen MR) is 97.4 cm³/mol. The summed E-state index contributed by atoms with van der Waals surface area (Å²) in [5.74, 6) is 2.72. The van der Waals surface area contributed by atoms with E-state index >= 15 is 0 Å². The van der Waals surface area contributed by atoms with E-state index in [9.17, 15) is 0 Å². The lowest BCUT2D eigenvalue weighted by atomic mass is 10.2. The molecular formula is C18H17N5O2S. The molecule has 4 rings (SSSR count). The molecule has 0 spiro atoms. The van der Waals surface area contributed by atoms with Gasteiger partial charge >= 0.3 is 0 Å². The van der Waals surface area contributed by atoms with Crippen molar-refractivity contribution in [1.82, 2.24) is 24.9 Å². The maximum Gasteiger partial charge on any atom is 0.240 e. The maximum absolute atomic E-state index is 5.44. The highest BCUT2D eigenvalue weighted by Crippen LogP contribution is 2.35. The van der Waals surface area contributed by atoms with Gasteiger partial charge in [-0.3, -0.25) is 0 Å². The Kier molecular flexibility index (Phi) is 4.34. The third-order valence-corrected chi connectivity index (χ3v) is 5.16. The Morgan fingerprint density at radius 2 is 1.92 bits per heavy atom. The van der Waals surface area contributed by atoms with Crippen LogP contribution in [0.25, 0.3) is 22.8 Å². The fourth-order valence-corrected chi connectivity index (χ4v) is 3.43. The fourth-order valence-electron chi connectivity index (χ4n) is 2.58. The fraction of sp³-hybridized carbons (Fsp3) is 0.222. The number of hydrogen-bond acceptors (Lipinski definition) is 7. The van der Waals surface area contributed by atoms with Crippen molar-refractivity contribution in [2.75, 3.05) is 0 Å². The lowest BCUT2D eigenvalue weighted by Gasteiger charge is -2.06. The van der Waals surface area contributed by atoms with Crippen LogP contribution in [0.4, 0.5) is 0 Å².